The fraction of sp³-hybridized carbons (Fsp3) is 0.312. The number of fused-ring (bicyclic) bond motifs is 1. The van der Waals surface area contributed by atoms with Gasteiger partial charge in [-0.05, 0) is 24.6 Å². The highest BCUT2D eigenvalue weighted by atomic mass is 79.9. The molecule has 1 aliphatic rings. The minimum atomic E-state index is -0.350. The van der Waals surface area contributed by atoms with Crippen molar-refractivity contribution in [3.8, 4) is 0 Å². The number of nitrogens with one attached hydrogen (secondary N) is 4. The first kappa shape index (κ1) is 16.7. The summed E-state index contributed by atoms with van der Waals surface area (Å²) in [6.07, 6.45) is 0.818. The zero-order chi connectivity index (χ0) is 17.1. The largest absolute Gasteiger partial charge is 0.342 e. The Morgan fingerprint density at radius 3 is 3.04 bits per heavy atom. The van der Waals surface area contributed by atoms with Gasteiger partial charge in [0.05, 0.1) is 6.54 Å². The van der Waals surface area contributed by atoms with Crippen LogP contribution in [0.15, 0.2) is 22.7 Å². The molecule has 3 rings (SSSR count). The molecular weight excluding hydrogens is 374 g/mol. The van der Waals surface area contributed by atoms with E-state index in [1.54, 1.807) is 0 Å². The minimum absolute atomic E-state index is 0.111. The maximum Gasteiger partial charge on any atom is 0.272 e. The van der Waals surface area contributed by atoms with Crippen molar-refractivity contribution in [3.05, 3.63) is 45.2 Å². The number of carbonyl (C=O) groups is 2. The van der Waals surface area contributed by atoms with Crippen molar-refractivity contribution < 1.29 is 9.59 Å². The molecule has 0 unspecified atom stereocenters. The van der Waals surface area contributed by atoms with Crippen LogP contribution in [0, 0.1) is 6.92 Å². The lowest BCUT2D eigenvalue weighted by molar-refractivity contribution is -0.115. The van der Waals surface area contributed by atoms with Crippen LogP contribution < -0.4 is 16.0 Å². The zero-order valence-electron chi connectivity index (χ0n) is 13.2. The quantitative estimate of drug-likeness (QED) is 0.634. The minimum Gasteiger partial charge on any atom is -0.342 e. The monoisotopic (exact) mass is 391 g/mol. The number of amides is 2. The van der Waals surface area contributed by atoms with Crippen molar-refractivity contribution in [3.63, 3.8) is 0 Å². The molecule has 0 bridgehead atoms. The van der Waals surface area contributed by atoms with E-state index in [9.17, 15) is 9.59 Å². The number of carbonyl (C=O) groups excluding carboxylic acids is 2. The van der Waals surface area contributed by atoms with E-state index in [0.29, 0.717) is 17.9 Å². The van der Waals surface area contributed by atoms with E-state index < -0.39 is 0 Å². The maximum absolute atomic E-state index is 12.2. The molecule has 126 valence electrons. The van der Waals surface area contributed by atoms with Crippen LogP contribution >= 0.6 is 15.9 Å². The second-order valence-corrected chi connectivity index (χ2v) is 6.56. The Kier molecular flexibility index (Phi) is 4.96. The number of anilines is 1. The van der Waals surface area contributed by atoms with E-state index in [1.165, 1.54) is 0 Å². The fourth-order valence-electron chi connectivity index (χ4n) is 2.58. The lowest BCUT2D eigenvalue weighted by atomic mass is 10.1. The molecule has 0 aliphatic carbocycles. The summed E-state index contributed by atoms with van der Waals surface area (Å²) in [6, 6.07) is 5.63. The molecular formula is C16H18BrN5O2. The number of nitrogens with zero attached hydrogens (tertiary/aromatic N) is 1. The Labute approximate surface area is 147 Å². The van der Waals surface area contributed by atoms with Crippen molar-refractivity contribution in [2.24, 2.45) is 0 Å². The molecule has 2 heterocycles. The van der Waals surface area contributed by atoms with E-state index >= 15 is 0 Å². The summed E-state index contributed by atoms with van der Waals surface area (Å²) >= 11 is 3.37. The second kappa shape index (κ2) is 7.14. The van der Waals surface area contributed by atoms with Crippen LogP contribution in [0.25, 0.3) is 0 Å². The number of rotatable bonds is 4. The molecule has 0 spiro atoms. The summed E-state index contributed by atoms with van der Waals surface area (Å²) in [4.78, 5) is 24.3. The standard InChI is InChI=1S/C16H18BrN5O2/c1-9-2-3-10(17)6-13(9)20-14(23)8-19-16(24)15-11-7-18-5-4-12(11)21-22-15/h2-3,6,18H,4-5,7-8H2,1H3,(H,19,24)(H,20,23)(H,21,22). The highest BCUT2D eigenvalue weighted by Gasteiger charge is 2.21. The van der Waals surface area contributed by atoms with E-state index in [1.807, 2.05) is 25.1 Å². The average molecular weight is 392 g/mol. The molecule has 0 fully saturated rings. The highest BCUT2D eigenvalue weighted by molar-refractivity contribution is 9.10. The third-order valence-corrected chi connectivity index (χ3v) is 4.40. The summed E-state index contributed by atoms with van der Waals surface area (Å²) < 4.78 is 0.878. The summed E-state index contributed by atoms with van der Waals surface area (Å²) in [5.41, 5.74) is 3.87. The fourth-order valence-corrected chi connectivity index (χ4v) is 2.94. The van der Waals surface area contributed by atoms with Gasteiger partial charge in [-0.25, -0.2) is 0 Å². The van der Waals surface area contributed by atoms with E-state index in [-0.39, 0.29) is 18.4 Å². The van der Waals surface area contributed by atoms with Gasteiger partial charge in [0.1, 0.15) is 0 Å². The van der Waals surface area contributed by atoms with Crippen molar-refractivity contribution in [2.45, 2.75) is 19.9 Å². The summed E-state index contributed by atoms with van der Waals surface area (Å²) in [7, 11) is 0. The number of hydrogen-bond donors (Lipinski definition) is 4. The number of aromatic amines is 1. The predicted molar refractivity (Wildman–Crippen MR) is 93.8 cm³/mol. The van der Waals surface area contributed by atoms with Gasteiger partial charge >= 0.3 is 0 Å². The van der Waals surface area contributed by atoms with Crippen LogP contribution in [0.2, 0.25) is 0 Å². The van der Waals surface area contributed by atoms with Crippen LogP contribution in [0.4, 0.5) is 5.69 Å². The molecule has 1 aliphatic heterocycles. The first-order valence-corrected chi connectivity index (χ1v) is 8.45. The molecule has 4 N–H and O–H groups in total. The smallest absolute Gasteiger partial charge is 0.272 e. The molecule has 0 atom stereocenters. The third-order valence-electron chi connectivity index (χ3n) is 3.90. The van der Waals surface area contributed by atoms with Gasteiger partial charge in [0.2, 0.25) is 5.91 Å². The summed E-state index contributed by atoms with van der Waals surface area (Å²) in [5.74, 6) is -0.635. The number of hydrogen-bond acceptors (Lipinski definition) is 4. The summed E-state index contributed by atoms with van der Waals surface area (Å²) in [5, 5.41) is 15.6. The van der Waals surface area contributed by atoms with Gasteiger partial charge in [0.25, 0.3) is 5.91 Å². The molecule has 24 heavy (non-hydrogen) atoms. The van der Waals surface area contributed by atoms with Crippen LogP contribution in [-0.2, 0) is 17.8 Å². The molecule has 2 amide bonds. The lowest BCUT2D eigenvalue weighted by Crippen LogP contribution is -2.34. The number of H-pyrrole nitrogens is 1. The maximum atomic E-state index is 12.2. The Morgan fingerprint density at radius 2 is 2.21 bits per heavy atom. The van der Waals surface area contributed by atoms with E-state index in [0.717, 1.165) is 34.3 Å². The number of halogens is 1. The number of benzene rings is 1. The normalized spacial score (nSPS) is 13.2. The van der Waals surface area contributed by atoms with Gasteiger partial charge in [-0.3, -0.25) is 14.7 Å². The zero-order valence-corrected chi connectivity index (χ0v) is 14.8. The van der Waals surface area contributed by atoms with Crippen molar-refractivity contribution in [1.82, 2.24) is 20.8 Å². The molecule has 1 aromatic carbocycles. The van der Waals surface area contributed by atoms with Gasteiger partial charge < -0.3 is 16.0 Å². The SMILES string of the molecule is Cc1ccc(Br)cc1NC(=O)CNC(=O)c1n[nH]c2c1CNCC2. The highest BCUT2D eigenvalue weighted by Crippen LogP contribution is 2.20. The Morgan fingerprint density at radius 1 is 1.38 bits per heavy atom. The first-order valence-electron chi connectivity index (χ1n) is 7.65. The molecule has 0 saturated carbocycles. The Balaban J connectivity index is 1.59. The van der Waals surface area contributed by atoms with E-state index in [2.05, 4.69) is 42.1 Å². The van der Waals surface area contributed by atoms with Crippen LogP contribution in [-0.4, -0.2) is 35.1 Å². The molecule has 1 aromatic heterocycles. The van der Waals surface area contributed by atoms with E-state index in [4.69, 9.17) is 0 Å². The van der Waals surface area contributed by atoms with Gasteiger partial charge in [-0.2, -0.15) is 5.10 Å². The molecule has 8 heteroatoms. The van der Waals surface area contributed by atoms with Gasteiger partial charge in [-0.1, -0.05) is 22.0 Å². The van der Waals surface area contributed by atoms with Crippen molar-refractivity contribution in [2.75, 3.05) is 18.4 Å². The number of aromatic nitrogens is 2. The predicted octanol–water partition coefficient (Wildman–Crippen LogP) is 1.49. The molecule has 2 aromatic rings. The first-order chi connectivity index (χ1) is 11.5. The molecule has 0 saturated heterocycles. The lowest BCUT2D eigenvalue weighted by Gasteiger charge is -2.13. The second-order valence-electron chi connectivity index (χ2n) is 5.65. The third kappa shape index (κ3) is 3.65. The molecule has 0 radical (unpaired) electrons. The number of aryl methyl sites for hydroxylation is 1. The van der Waals surface area contributed by atoms with Crippen molar-refractivity contribution >= 4 is 33.4 Å². The molecule has 7 nitrogen and oxygen atoms in total. The van der Waals surface area contributed by atoms with Crippen molar-refractivity contribution in [1.29, 1.82) is 0 Å². The average Bonchev–Trinajstić information content (AvgIpc) is 3.00. The van der Waals surface area contributed by atoms with Gasteiger partial charge in [0.15, 0.2) is 5.69 Å². The topological polar surface area (TPSA) is 98.9 Å². The Hall–Kier alpha value is -2.19. The Bertz CT molecular complexity index is 787. The van der Waals surface area contributed by atoms with Crippen LogP contribution in [0.3, 0.4) is 0 Å². The van der Waals surface area contributed by atoms with Crippen LogP contribution in [0.1, 0.15) is 27.3 Å². The van der Waals surface area contributed by atoms with Gasteiger partial charge in [-0.15, -0.1) is 0 Å². The summed E-state index contributed by atoms with van der Waals surface area (Å²) in [6.45, 7) is 3.27. The van der Waals surface area contributed by atoms with Gasteiger partial charge in [0, 0.05) is 40.9 Å². The van der Waals surface area contributed by atoms with Crippen LogP contribution in [0.5, 0.6) is 0 Å².